The van der Waals surface area contributed by atoms with Crippen molar-refractivity contribution in [3.8, 4) is 0 Å². The molecule has 0 saturated carbocycles. The molecular weight excluding hydrogens is 378 g/mol. The molecule has 0 bridgehead atoms. The molecule has 1 aliphatic heterocycles. The molecule has 0 spiro atoms. The van der Waals surface area contributed by atoms with E-state index in [9.17, 15) is 18.7 Å². The second-order valence-corrected chi connectivity index (χ2v) is 8.40. The molecule has 1 unspecified atom stereocenters. The van der Waals surface area contributed by atoms with E-state index in [0.717, 1.165) is 5.56 Å². The zero-order valence-electron chi connectivity index (χ0n) is 16.8. The van der Waals surface area contributed by atoms with Gasteiger partial charge in [0.25, 0.3) is 5.92 Å². The first-order valence-corrected chi connectivity index (χ1v) is 9.46. The average molecular weight is 404 g/mol. The van der Waals surface area contributed by atoms with Gasteiger partial charge in [-0.2, -0.15) is 0 Å². The minimum Gasteiger partial charge on any atom is -0.444 e. The van der Waals surface area contributed by atoms with Gasteiger partial charge in [0, 0.05) is 18.8 Å². The van der Waals surface area contributed by atoms with E-state index in [1.165, 1.54) is 24.3 Å². The van der Waals surface area contributed by atoms with Gasteiger partial charge in [-0.1, -0.05) is 42.5 Å². The van der Waals surface area contributed by atoms with E-state index in [0.29, 0.717) is 12.2 Å². The fraction of sp³-hybridized carbons (Fsp3) is 0.409. The third-order valence-electron chi connectivity index (χ3n) is 4.74. The van der Waals surface area contributed by atoms with Crippen LogP contribution < -0.4 is 5.32 Å². The Morgan fingerprint density at radius 1 is 1.10 bits per heavy atom. The molecule has 29 heavy (non-hydrogen) atoms. The maximum atomic E-state index is 14.7. The minimum atomic E-state index is -3.30. The van der Waals surface area contributed by atoms with Crippen LogP contribution in [0.5, 0.6) is 0 Å². The van der Waals surface area contributed by atoms with E-state index in [2.05, 4.69) is 5.32 Å². The minimum absolute atomic E-state index is 0.104. The number of hydrogen-bond acceptors (Lipinski definition) is 4. The Hall–Kier alpha value is -2.51. The molecule has 1 amide bonds. The Labute approximate surface area is 169 Å². The maximum absolute atomic E-state index is 14.7. The van der Waals surface area contributed by atoms with Crippen LogP contribution in [0.4, 0.5) is 19.3 Å². The zero-order chi connectivity index (χ0) is 21.3. The number of hydrogen-bond donors (Lipinski definition) is 2. The van der Waals surface area contributed by atoms with Crippen LogP contribution in [0, 0.1) is 0 Å². The number of aliphatic hydroxyl groups is 1. The Morgan fingerprint density at radius 3 is 2.31 bits per heavy atom. The first kappa shape index (κ1) is 21.2. The molecule has 7 heteroatoms. The normalized spacial score (nSPS) is 21.7. The number of carbonyl (C=O) groups excluding carboxylic acids is 1. The standard InChI is InChI=1S/C22H26F2N2O3/c1-20(2,3)29-19(27)25-18-11-9-17(10-12-18)21(28)14-26(15-22(21,23)24)13-16-7-5-4-6-8-16/h4-12,28H,13-15H2,1-3H3,(H,25,27). The highest BCUT2D eigenvalue weighted by molar-refractivity contribution is 5.84. The van der Waals surface area contributed by atoms with E-state index >= 15 is 0 Å². The number of alkyl halides is 2. The summed E-state index contributed by atoms with van der Waals surface area (Å²) in [7, 11) is 0. The molecule has 1 fully saturated rings. The van der Waals surface area contributed by atoms with Crippen LogP contribution in [0.1, 0.15) is 31.9 Å². The number of halogens is 2. The van der Waals surface area contributed by atoms with Crippen molar-refractivity contribution >= 4 is 11.8 Å². The summed E-state index contributed by atoms with van der Waals surface area (Å²) in [4.78, 5) is 13.4. The number of anilines is 1. The molecule has 2 aromatic carbocycles. The third-order valence-corrected chi connectivity index (χ3v) is 4.74. The molecule has 3 rings (SSSR count). The molecule has 0 radical (unpaired) electrons. The Morgan fingerprint density at radius 2 is 1.72 bits per heavy atom. The molecule has 156 valence electrons. The smallest absolute Gasteiger partial charge is 0.412 e. The van der Waals surface area contributed by atoms with Crippen molar-refractivity contribution in [2.75, 3.05) is 18.4 Å². The van der Waals surface area contributed by atoms with Crippen molar-refractivity contribution in [2.24, 2.45) is 0 Å². The van der Waals surface area contributed by atoms with Gasteiger partial charge in [-0.15, -0.1) is 0 Å². The topological polar surface area (TPSA) is 61.8 Å². The van der Waals surface area contributed by atoms with E-state index < -0.39 is 29.8 Å². The van der Waals surface area contributed by atoms with Crippen LogP contribution in [0.3, 0.4) is 0 Å². The molecule has 0 aromatic heterocycles. The van der Waals surface area contributed by atoms with Gasteiger partial charge in [0.15, 0.2) is 5.60 Å². The predicted molar refractivity (Wildman–Crippen MR) is 107 cm³/mol. The third kappa shape index (κ3) is 4.92. The van der Waals surface area contributed by atoms with Gasteiger partial charge in [-0.25, -0.2) is 13.6 Å². The summed E-state index contributed by atoms with van der Waals surface area (Å²) in [5, 5.41) is 13.4. The summed E-state index contributed by atoms with van der Waals surface area (Å²) in [6, 6.07) is 15.1. The number of nitrogens with zero attached hydrogens (tertiary/aromatic N) is 1. The lowest BCUT2D eigenvalue weighted by molar-refractivity contribution is -0.151. The number of carbonyl (C=O) groups is 1. The molecule has 1 heterocycles. The first-order chi connectivity index (χ1) is 13.5. The molecule has 2 aromatic rings. The first-order valence-electron chi connectivity index (χ1n) is 9.46. The molecule has 5 nitrogen and oxygen atoms in total. The summed E-state index contributed by atoms with van der Waals surface area (Å²) < 4.78 is 34.7. The second-order valence-electron chi connectivity index (χ2n) is 8.40. The fourth-order valence-electron chi connectivity index (χ4n) is 3.41. The van der Waals surface area contributed by atoms with Crippen molar-refractivity contribution in [1.29, 1.82) is 0 Å². The van der Waals surface area contributed by atoms with E-state index in [-0.39, 0.29) is 12.1 Å². The summed E-state index contributed by atoms with van der Waals surface area (Å²) in [5.41, 5.74) is -1.54. The predicted octanol–water partition coefficient (Wildman–Crippen LogP) is 4.37. The van der Waals surface area contributed by atoms with Crippen LogP contribution in [-0.4, -0.2) is 40.7 Å². The largest absolute Gasteiger partial charge is 0.444 e. The van der Waals surface area contributed by atoms with Gasteiger partial charge in [0.1, 0.15) is 5.60 Å². The van der Waals surface area contributed by atoms with Crippen LogP contribution in [-0.2, 0) is 16.9 Å². The quantitative estimate of drug-likeness (QED) is 0.794. The number of nitrogens with one attached hydrogen (secondary N) is 1. The van der Waals surface area contributed by atoms with Crippen molar-refractivity contribution in [3.05, 3.63) is 65.7 Å². The van der Waals surface area contributed by atoms with Crippen molar-refractivity contribution in [2.45, 2.75) is 44.4 Å². The Kier molecular flexibility index (Phi) is 5.65. The van der Waals surface area contributed by atoms with Gasteiger partial charge >= 0.3 is 6.09 Å². The van der Waals surface area contributed by atoms with E-state index in [1.807, 2.05) is 30.3 Å². The fourth-order valence-corrected chi connectivity index (χ4v) is 3.41. The molecule has 2 N–H and O–H groups in total. The number of rotatable bonds is 4. The van der Waals surface area contributed by atoms with Gasteiger partial charge in [-0.3, -0.25) is 10.2 Å². The maximum Gasteiger partial charge on any atom is 0.412 e. The Balaban J connectivity index is 1.72. The highest BCUT2D eigenvalue weighted by Gasteiger charge is 2.60. The summed E-state index contributed by atoms with van der Waals surface area (Å²) in [6.45, 7) is 4.85. The van der Waals surface area contributed by atoms with Gasteiger partial charge in [0.05, 0.1) is 6.54 Å². The van der Waals surface area contributed by atoms with Crippen molar-refractivity contribution in [1.82, 2.24) is 4.90 Å². The van der Waals surface area contributed by atoms with Gasteiger partial charge in [0.2, 0.25) is 0 Å². The van der Waals surface area contributed by atoms with E-state index in [1.54, 1.807) is 25.7 Å². The second kappa shape index (κ2) is 7.72. The molecule has 1 saturated heterocycles. The molecule has 0 aliphatic carbocycles. The number of ether oxygens (including phenoxy) is 1. The zero-order valence-corrected chi connectivity index (χ0v) is 16.8. The SMILES string of the molecule is CC(C)(C)OC(=O)Nc1ccc(C2(O)CN(Cc3ccccc3)CC2(F)F)cc1. The Bertz CT molecular complexity index is 851. The number of likely N-dealkylation sites (tertiary alicyclic amines) is 1. The molecule has 1 atom stereocenters. The number of β-amino-alcohol motifs (C(OH)–C–C–N with tert-alkyl or cyclic N) is 1. The van der Waals surface area contributed by atoms with Crippen molar-refractivity contribution in [3.63, 3.8) is 0 Å². The van der Waals surface area contributed by atoms with Crippen LogP contribution >= 0.6 is 0 Å². The lowest BCUT2D eigenvalue weighted by Gasteiger charge is -2.29. The monoisotopic (exact) mass is 404 g/mol. The van der Waals surface area contributed by atoms with Crippen LogP contribution in [0.2, 0.25) is 0 Å². The van der Waals surface area contributed by atoms with Crippen molar-refractivity contribution < 1.29 is 23.4 Å². The lowest BCUT2D eigenvalue weighted by Crippen LogP contribution is -2.44. The molecule has 1 aliphatic rings. The van der Waals surface area contributed by atoms with Crippen LogP contribution in [0.15, 0.2) is 54.6 Å². The summed E-state index contributed by atoms with van der Waals surface area (Å²) in [6.07, 6.45) is -0.635. The van der Waals surface area contributed by atoms with Gasteiger partial charge in [-0.05, 0) is 44.0 Å². The van der Waals surface area contributed by atoms with E-state index in [4.69, 9.17) is 4.74 Å². The summed E-state index contributed by atoms with van der Waals surface area (Å²) >= 11 is 0. The van der Waals surface area contributed by atoms with Crippen LogP contribution in [0.25, 0.3) is 0 Å². The average Bonchev–Trinajstić information content (AvgIpc) is 2.84. The highest BCUT2D eigenvalue weighted by atomic mass is 19.3. The van der Waals surface area contributed by atoms with Gasteiger partial charge < -0.3 is 9.84 Å². The molecular formula is C22H26F2N2O3. The highest BCUT2D eigenvalue weighted by Crippen LogP contribution is 2.44. The summed E-state index contributed by atoms with van der Waals surface area (Å²) in [5.74, 6) is -3.30. The number of benzene rings is 2. The number of amides is 1. The lowest BCUT2D eigenvalue weighted by atomic mass is 9.90.